The quantitative estimate of drug-likeness (QED) is 0.833. The molecule has 1 saturated heterocycles. The lowest BCUT2D eigenvalue weighted by Crippen LogP contribution is -2.38. The molecule has 1 unspecified atom stereocenters. The number of methoxy groups -OCH3 is 1. The first kappa shape index (κ1) is 15.5. The van der Waals surface area contributed by atoms with Gasteiger partial charge in [0.25, 0.3) is 0 Å². The molecule has 20 heavy (non-hydrogen) atoms. The van der Waals surface area contributed by atoms with E-state index in [2.05, 4.69) is 36.2 Å². The minimum absolute atomic E-state index is 0.380. The van der Waals surface area contributed by atoms with E-state index in [-0.39, 0.29) is 0 Å². The number of ether oxygens (including phenoxy) is 1. The van der Waals surface area contributed by atoms with Crippen molar-refractivity contribution >= 4 is 0 Å². The van der Waals surface area contributed by atoms with Gasteiger partial charge in [0.15, 0.2) is 0 Å². The molecule has 1 fully saturated rings. The molecule has 1 atom stereocenters. The first-order valence-electron chi connectivity index (χ1n) is 7.71. The van der Waals surface area contributed by atoms with Crippen molar-refractivity contribution in [2.45, 2.75) is 45.9 Å². The smallest absolute Gasteiger partial charge is 0.118 e. The number of nitrogens with zero attached hydrogens (tertiary/aromatic N) is 1. The normalized spacial score (nSPS) is 20.7. The monoisotopic (exact) mass is 280 g/mol. The number of nitrogens with one attached hydrogen (secondary N) is 1. The highest BCUT2D eigenvalue weighted by Crippen LogP contribution is 2.17. The largest absolute Gasteiger partial charge is 0.463 e. The molecule has 0 aromatic carbocycles. The van der Waals surface area contributed by atoms with Crippen LogP contribution in [-0.4, -0.2) is 37.7 Å². The molecular formula is C16H28N2O2. The van der Waals surface area contributed by atoms with Crippen LogP contribution in [0.5, 0.6) is 0 Å². The van der Waals surface area contributed by atoms with E-state index in [4.69, 9.17) is 9.15 Å². The summed E-state index contributed by atoms with van der Waals surface area (Å²) in [5.74, 6) is 2.76. The lowest BCUT2D eigenvalue weighted by atomic mass is 10.1. The molecule has 114 valence electrons. The number of rotatable bonds is 7. The van der Waals surface area contributed by atoms with Gasteiger partial charge in [-0.3, -0.25) is 4.90 Å². The van der Waals surface area contributed by atoms with Gasteiger partial charge in [-0.15, -0.1) is 0 Å². The molecule has 0 spiro atoms. The minimum atomic E-state index is 0.380. The zero-order valence-electron chi connectivity index (χ0n) is 13.0. The Morgan fingerprint density at radius 3 is 2.95 bits per heavy atom. The fourth-order valence-electron chi connectivity index (χ4n) is 2.66. The summed E-state index contributed by atoms with van der Waals surface area (Å²) in [6, 6.07) is 4.18. The van der Waals surface area contributed by atoms with Crippen LogP contribution in [0.1, 0.15) is 38.2 Å². The Kier molecular flexibility index (Phi) is 6.07. The second-order valence-electron chi connectivity index (χ2n) is 6.13. The number of likely N-dealkylation sites (tertiary alicyclic amines) is 1. The van der Waals surface area contributed by atoms with Gasteiger partial charge in [-0.25, -0.2) is 0 Å². The zero-order valence-corrected chi connectivity index (χ0v) is 13.0. The molecule has 0 saturated carbocycles. The van der Waals surface area contributed by atoms with Crippen LogP contribution in [0.3, 0.4) is 0 Å². The van der Waals surface area contributed by atoms with Gasteiger partial charge in [-0.2, -0.15) is 0 Å². The Labute approximate surface area is 122 Å². The average Bonchev–Trinajstić information content (AvgIpc) is 2.86. The topological polar surface area (TPSA) is 37.6 Å². The van der Waals surface area contributed by atoms with E-state index in [9.17, 15) is 0 Å². The summed E-state index contributed by atoms with van der Waals surface area (Å²) >= 11 is 0. The van der Waals surface area contributed by atoms with Crippen LogP contribution >= 0.6 is 0 Å². The van der Waals surface area contributed by atoms with Crippen LogP contribution < -0.4 is 5.32 Å². The van der Waals surface area contributed by atoms with Crippen LogP contribution in [0, 0.1) is 5.92 Å². The van der Waals surface area contributed by atoms with Gasteiger partial charge in [0.1, 0.15) is 11.5 Å². The second-order valence-corrected chi connectivity index (χ2v) is 6.13. The van der Waals surface area contributed by atoms with Crippen LogP contribution in [0.15, 0.2) is 16.5 Å². The molecule has 0 aliphatic carbocycles. The second kappa shape index (κ2) is 7.81. The highest BCUT2D eigenvalue weighted by atomic mass is 16.5. The molecule has 2 rings (SSSR count). The molecule has 4 nitrogen and oxygen atoms in total. The van der Waals surface area contributed by atoms with Crippen molar-refractivity contribution in [3.8, 4) is 0 Å². The molecule has 1 aromatic heterocycles. The Morgan fingerprint density at radius 2 is 2.20 bits per heavy atom. The Morgan fingerprint density at radius 1 is 1.40 bits per heavy atom. The van der Waals surface area contributed by atoms with Gasteiger partial charge >= 0.3 is 0 Å². The van der Waals surface area contributed by atoms with E-state index >= 15 is 0 Å². The molecule has 1 aromatic rings. The molecule has 1 N–H and O–H groups in total. The molecule has 0 bridgehead atoms. The van der Waals surface area contributed by atoms with E-state index in [1.165, 1.54) is 12.8 Å². The maximum absolute atomic E-state index is 5.89. The first-order chi connectivity index (χ1) is 9.67. The maximum Gasteiger partial charge on any atom is 0.118 e. The average molecular weight is 280 g/mol. The molecule has 0 radical (unpaired) electrons. The summed E-state index contributed by atoms with van der Waals surface area (Å²) in [6.07, 6.45) is 2.77. The molecule has 0 amide bonds. The van der Waals surface area contributed by atoms with Gasteiger partial charge in [0, 0.05) is 13.7 Å². The van der Waals surface area contributed by atoms with Crippen molar-refractivity contribution in [1.82, 2.24) is 10.2 Å². The minimum Gasteiger partial charge on any atom is -0.463 e. The molecule has 4 heteroatoms. The van der Waals surface area contributed by atoms with Crippen LogP contribution in [-0.2, 0) is 17.8 Å². The number of piperidine rings is 1. The summed E-state index contributed by atoms with van der Waals surface area (Å²) in [5.41, 5.74) is 0. The lowest BCUT2D eigenvalue weighted by molar-refractivity contribution is 0.0262. The van der Waals surface area contributed by atoms with E-state index in [1.54, 1.807) is 7.11 Å². The lowest BCUT2D eigenvalue weighted by Gasteiger charge is -2.31. The zero-order chi connectivity index (χ0) is 14.4. The SMILES string of the molecule is COC1CCCN(Cc2ccc(CNCC(C)C)o2)C1. The van der Waals surface area contributed by atoms with Crippen molar-refractivity contribution in [3.05, 3.63) is 23.7 Å². The fraction of sp³-hybridized carbons (Fsp3) is 0.750. The predicted molar refractivity (Wildman–Crippen MR) is 80.6 cm³/mol. The van der Waals surface area contributed by atoms with Crippen molar-refractivity contribution in [1.29, 1.82) is 0 Å². The first-order valence-corrected chi connectivity index (χ1v) is 7.71. The summed E-state index contributed by atoms with van der Waals surface area (Å²) in [4.78, 5) is 2.42. The Balaban J connectivity index is 1.77. The van der Waals surface area contributed by atoms with Gasteiger partial charge in [0.2, 0.25) is 0 Å². The van der Waals surface area contributed by atoms with Gasteiger partial charge in [0.05, 0.1) is 19.2 Å². The highest BCUT2D eigenvalue weighted by molar-refractivity contribution is 5.07. The summed E-state index contributed by atoms with van der Waals surface area (Å²) < 4.78 is 11.3. The maximum atomic E-state index is 5.89. The fourth-order valence-corrected chi connectivity index (χ4v) is 2.66. The van der Waals surface area contributed by atoms with E-state index in [0.717, 1.165) is 44.2 Å². The summed E-state index contributed by atoms with van der Waals surface area (Å²) in [6.45, 7) is 9.31. The van der Waals surface area contributed by atoms with Gasteiger partial charge < -0.3 is 14.5 Å². The number of furan rings is 1. The highest BCUT2D eigenvalue weighted by Gasteiger charge is 2.20. The summed E-state index contributed by atoms with van der Waals surface area (Å²) in [7, 11) is 1.81. The van der Waals surface area contributed by atoms with E-state index in [0.29, 0.717) is 12.0 Å². The van der Waals surface area contributed by atoms with Gasteiger partial charge in [-0.1, -0.05) is 13.8 Å². The predicted octanol–water partition coefficient (Wildman–Crippen LogP) is 2.64. The third-order valence-corrected chi connectivity index (χ3v) is 3.74. The number of hydrogen-bond acceptors (Lipinski definition) is 4. The Hall–Kier alpha value is -0.840. The van der Waals surface area contributed by atoms with Crippen molar-refractivity contribution < 1.29 is 9.15 Å². The standard InChI is InChI=1S/C16H28N2O2/c1-13(2)9-17-10-14-6-7-16(20-14)12-18-8-4-5-15(11-18)19-3/h6-7,13,15,17H,4-5,8-12H2,1-3H3. The Bertz CT molecular complexity index is 390. The molecule has 2 heterocycles. The molecule has 1 aliphatic heterocycles. The van der Waals surface area contributed by atoms with Crippen molar-refractivity contribution in [3.63, 3.8) is 0 Å². The summed E-state index contributed by atoms with van der Waals surface area (Å²) in [5, 5.41) is 3.41. The van der Waals surface area contributed by atoms with Crippen LogP contribution in [0.2, 0.25) is 0 Å². The van der Waals surface area contributed by atoms with Crippen LogP contribution in [0.25, 0.3) is 0 Å². The van der Waals surface area contributed by atoms with Crippen molar-refractivity contribution in [2.75, 3.05) is 26.7 Å². The van der Waals surface area contributed by atoms with Crippen molar-refractivity contribution in [2.24, 2.45) is 5.92 Å². The van der Waals surface area contributed by atoms with E-state index in [1.807, 2.05) is 0 Å². The van der Waals surface area contributed by atoms with Gasteiger partial charge in [-0.05, 0) is 44.0 Å². The van der Waals surface area contributed by atoms with Crippen LogP contribution in [0.4, 0.5) is 0 Å². The van der Waals surface area contributed by atoms with E-state index < -0.39 is 0 Å². The third kappa shape index (κ3) is 4.93. The third-order valence-electron chi connectivity index (χ3n) is 3.74. The number of hydrogen-bond donors (Lipinski definition) is 1. The molecular weight excluding hydrogens is 252 g/mol. The molecule has 1 aliphatic rings.